The van der Waals surface area contributed by atoms with Crippen LogP contribution in [-0.4, -0.2) is 5.91 Å². The van der Waals surface area contributed by atoms with E-state index in [4.69, 9.17) is 0 Å². The van der Waals surface area contributed by atoms with Crippen LogP contribution in [0.5, 0.6) is 0 Å². The number of benzene rings is 2. The van der Waals surface area contributed by atoms with Gasteiger partial charge in [0.25, 0.3) is 5.91 Å². The number of carbonyl (C=O) groups is 1. The molecule has 2 aromatic carbocycles. The summed E-state index contributed by atoms with van der Waals surface area (Å²) in [4.78, 5) is 12.3. The molecule has 2 aromatic rings. The zero-order chi connectivity index (χ0) is 17.7. The van der Waals surface area contributed by atoms with E-state index in [2.05, 4.69) is 55.8 Å². The molecule has 0 aliphatic heterocycles. The highest BCUT2D eigenvalue weighted by atomic mass is 127. The van der Waals surface area contributed by atoms with E-state index in [1.807, 2.05) is 56.3 Å². The van der Waals surface area contributed by atoms with Gasteiger partial charge in [-0.2, -0.15) is 5.26 Å². The first-order valence-electron chi connectivity index (χ1n) is 7.11. The maximum Gasteiger partial charge on any atom is 0.267 e. The van der Waals surface area contributed by atoms with Crippen molar-refractivity contribution in [3.05, 3.63) is 66.4 Å². The van der Waals surface area contributed by atoms with Gasteiger partial charge in [-0.1, -0.05) is 0 Å². The Balaban J connectivity index is 2.15. The van der Waals surface area contributed by atoms with Crippen molar-refractivity contribution >= 4 is 62.5 Å². The van der Waals surface area contributed by atoms with Crippen LogP contribution in [0.15, 0.2) is 48.2 Å². The van der Waals surface area contributed by atoms with Crippen molar-refractivity contribution in [2.24, 2.45) is 0 Å². The van der Waals surface area contributed by atoms with Gasteiger partial charge in [-0.3, -0.25) is 4.79 Å². The lowest BCUT2D eigenvalue weighted by atomic mass is 10.2. The van der Waals surface area contributed by atoms with Gasteiger partial charge in [-0.15, -0.1) is 0 Å². The molecule has 6 heteroatoms. The van der Waals surface area contributed by atoms with Gasteiger partial charge in [0.2, 0.25) is 0 Å². The molecule has 4 nitrogen and oxygen atoms in total. The Morgan fingerprint density at radius 2 is 1.58 bits per heavy atom. The molecule has 1 amide bonds. The molecule has 24 heavy (non-hydrogen) atoms. The van der Waals surface area contributed by atoms with Crippen molar-refractivity contribution in [1.82, 2.24) is 0 Å². The smallest absolute Gasteiger partial charge is 0.267 e. The highest BCUT2D eigenvalue weighted by Crippen LogP contribution is 2.20. The number of rotatable bonds is 4. The summed E-state index contributed by atoms with van der Waals surface area (Å²) in [6.45, 7) is 3.89. The number of halogens is 2. The number of nitrogens with one attached hydrogen (secondary N) is 2. The second-order valence-electron chi connectivity index (χ2n) is 5.19. The van der Waals surface area contributed by atoms with E-state index in [9.17, 15) is 10.1 Å². The number of hydrogen-bond acceptors (Lipinski definition) is 3. The Morgan fingerprint density at radius 3 is 2.08 bits per heavy atom. The van der Waals surface area contributed by atoms with Crippen LogP contribution in [0.2, 0.25) is 0 Å². The normalized spacial score (nSPS) is 10.9. The Labute approximate surface area is 168 Å². The molecule has 0 saturated heterocycles. The third-order valence-corrected chi connectivity index (χ3v) is 4.70. The van der Waals surface area contributed by atoms with Crippen molar-refractivity contribution < 1.29 is 4.79 Å². The fraction of sp³-hybridized carbons (Fsp3) is 0.111. The molecule has 122 valence electrons. The molecule has 0 heterocycles. The number of amides is 1. The third kappa shape index (κ3) is 4.95. The number of aryl methyl sites for hydroxylation is 2. The second-order valence-corrected chi connectivity index (χ2v) is 7.68. The zero-order valence-electron chi connectivity index (χ0n) is 13.2. The van der Waals surface area contributed by atoms with Crippen LogP contribution in [0.25, 0.3) is 0 Å². The number of nitriles is 1. The van der Waals surface area contributed by atoms with Gasteiger partial charge < -0.3 is 10.6 Å². The van der Waals surface area contributed by atoms with E-state index in [0.29, 0.717) is 5.69 Å². The largest absolute Gasteiger partial charge is 0.360 e. The van der Waals surface area contributed by atoms with Crippen molar-refractivity contribution in [1.29, 1.82) is 5.26 Å². The molecule has 0 bridgehead atoms. The van der Waals surface area contributed by atoms with Gasteiger partial charge in [0.1, 0.15) is 11.6 Å². The summed E-state index contributed by atoms with van der Waals surface area (Å²) in [5.74, 6) is -0.433. The molecule has 2 N–H and O–H groups in total. The first-order chi connectivity index (χ1) is 11.4. The summed E-state index contributed by atoms with van der Waals surface area (Å²) in [6.07, 6.45) is 1.44. The number of carbonyl (C=O) groups excluding carboxylic acids is 1. The monoisotopic (exact) mass is 543 g/mol. The van der Waals surface area contributed by atoms with Crippen molar-refractivity contribution in [3.63, 3.8) is 0 Å². The molecular formula is C18H15I2N3O. The Kier molecular flexibility index (Phi) is 6.62. The summed E-state index contributed by atoms with van der Waals surface area (Å²) < 4.78 is 2.22. The van der Waals surface area contributed by atoms with Crippen molar-refractivity contribution in [2.45, 2.75) is 13.8 Å². The number of anilines is 2. The molecule has 0 radical (unpaired) electrons. The molecule has 0 atom stereocenters. The van der Waals surface area contributed by atoms with E-state index in [1.54, 1.807) is 0 Å². The van der Waals surface area contributed by atoms with Crippen LogP contribution in [0.4, 0.5) is 11.4 Å². The highest BCUT2D eigenvalue weighted by molar-refractivity contribution is 14.1. The Hall–Kier alpha value is -1.60. The quantitative estimate of drug-likeness (QED) is 0.326. The van der Waals surface area contributed by atoms with E-state index < -0.39 is 5.91 Å². The number of nitrogens with zero attached hydrogens (tertiary/aromatic N) is 1. The Morgan fingerprint density at radius 1 is 1.04 bits per heavy atom. The average Bonchev–Trinajstić information content (AvgIpc) is 2.52. The molecule has 0 unspecified atom stereocenters. The molecule has 0 saturated carbocycles. The Bertz CT molecular complexity index is 854. The maximum atomic E-state index is 12.3. The van der Waals surface area contributed by atoms with Gasteiger partial charge in [0.05, 0.1) is 0 Å². The zero-order valence-corrected chi connectivity index (χ0v) is 17.5. The minimum absolute atomic E-state index is 0.0194. The summed E-state index contributed by atoms with van der Waals surface area (Å²) in [5.41, 5.74) is 3.58. The first-order valence-corrected chi connectivity index (χ1v) is 9.27. The molecule has 2 rings (SSSR count). The fourth-order valence-electron chi connectivity index (χ4n) is 2.04. The lowest BCUT2D eigenvalue weighted by Crippen LogP contribution is -2.15. The van der Waals surface area contributed by atoms with Gasteiger partial charge in [0.15, 0.2) is 0 Å². The SMILES string of the molecule is Cc1cc(I)ccc1N/C=C(/C#N)C(=O)Nc1ccc(I)cc1C. The molecule has 0 aliphatic carbocycles. The lowest BCUT2D eigenvalue weighted by Gasteiger charge is -2.09. The summed E-state index contributed by atoms with van der Waals surface area (Å²) in [6, 6.07) is 13.6. The molecule has 0 spiro atoms. The lowest BCUT2D eigenvalue weighted by molar-refractivity contribution is -0.112. The molecule has 0 aliphatic rings. The standard InChI is InChI=1S/C18H15I2N3O/c1-11-7-14(19)3-5-16(11)22-10-13(9-21)18(24)23-17-6-4-15(20)8-12(17)2/h3-8,10,22H,1-2H3,(H,23,24)/b13-10-. The second kappa shape index (κ2) is 8.48. The van der Waals surface area contributed by atoms with Crippen LogP contribution in [0, 0.1) is 32.3 Å². The summed E-state index contributed by atoms with van der Waals surface area (Å²) in [7, 11) is 0. The third-order valence-electron chi connectivity index (χ3n) is 3.36. The van der Waals surface area contributed by atoms with E-state index in [-0.39, 0.29) is 5.57 Å². The van der Waals surface area contributed by atoms with Crippen molar-refractivity contribution in [3.8, 4) is 6.07 Å². The van der Waals surface area contributed by atoms with Gasteiger partial charge >= 0.3 is 0 Å². The summed E-state index contributed by atoms with van der Waals surface area (Å²) in [5, 5.41) is 15.1. The van der Waals surface area contributed by atoms with Gasteiger partial charge in [0, 0.05) is 24.7 Å². The first kappa shape index (κ1) is 18.7. The molecule has 0 fully saturated rings. The van der Waals surface area contributed by atoms with Gasteiger partial charge in [-0.05, 0) is 107 Å². The topological polar surface area (TPSA) is 64.9 Å². The van der Waals surface area contributed by atoms with Crippen LogP contribution in [0.1, 0.15) is 11.1 Å². The van der Waals surface area contributed by atoms with Crippen LogP contribution in [0.3, 0.4) is 0 Å². The number of hydrogen-bond donors (Lipinski definition) is 2. The van der Waals surface area contributed by atoms with Crippen LogP contribution < -0.4 is 10.6 Å². The average molecular weight is 543 g/mol. The minimum Gasteiger partial charge on any atom is -0.360 e. The van der Waals surface area contributed by atoms with E-state index in [1.165, 1.54) is 6.20 Å². The van der Waals surface area contributed by atoms with E-state index >= 15 is 0 Å². The minimum atomic E-state index is -0.433. The van der Waals surface area contributed by atoms with Crippen molar-refractivity contribution in [2.75, 3.05) is 10.6 Å². The summed E-state index contributed by atoms with van der Waals surface area (Å²) >= 11 is 4.45. The maximum absolute atomic E-state index is 12.3. The predicted octanol–water partition coefficient (Wildman–Crippen LogP) is 4.97. The highest BCUT2D eigenvalue weighted by Gasteiger charge is 2.11. The van der Waals surface area contributed by atoms with E-state index in [0.717, 1.165) is 24.0 Å². The van der Waals surface area contributed by atoms with Crippen LogP contribution in [-0.2, 0) is 4.79 Å². The predicted molar refractivity (Wildman–Crippen MR) is 114 cm³/mol. The van der Waals surface area contributed by atoms with Crippen LogP contribution >= 0.6 is 45.2 Å². The van der Waals surface area contributed by atoms with Gasteiger partial charge in [-0.25, -0.2) is 0 Å². The molecule has 0 aromatic heterocycles. The fourth-order valence-corrected chi connectivity index (χ4v) is 3.34. The molecular weight excluding hydrogens is 528 g/mol.